The number of unbranched alkanes of at least 4 members (excludes halogenated alkanes) is 1. The molecule has 0 atom stereocenters. The first-order valence-corrected chi connectivity index (χ1v) is 10.6. The van der Waals surface area contributed by atoms with E-state index in [0.717, 1.165) is 19.4 Å². The van der Waals surface area contributed by atoms with Gasteiger partial charge in [-0.3, -0.25) is 0 Å². The van der Waals surface area contributed by atoms with Crippen molar-refractivity contribution in [1.82, 2.24) is 0 Å². The SMILES string of the molecule is NCCCC[P+](c1ccccc1)(c1ccccc1)c1ccccc1. The lowest BCUT2D eigenvalue weighted by atomic mass is 10.3. The molecule has 0 spiro atoms. The maximum absolute atomic E-state index is 5.79. The first kappa shape index (κ1) is 16.9. The average molecular weight is 334 g/mol. The van der Waals surface area contributed by atoms with Gasteiger partial charge in [-0.1, -0.05) is 54.6 Å². The van der Waals surface area contributed by atoms with Crippen LogP contribution in [-0.2, 0) is 0 Å². The molecular weight excluding hydrogens is 309 g/mol. The van der Waals surface area contributed by atoms with Gasteiger partial charge in [0.15, 0.2) is 0 Å². The van der Waals surface area contributed by atoms with Crippen LogP contribution in [0.15, 0.2) is 91.0 Å². The van der Waals surface area contributed by atoms with Gasteiger partial charge in [-0.25, -0.2) is 0 Å². The van der Waals surface area contributed by atoms with Gasteiger partial charge in [-0.15, -0.1) is 0 Å². The third-order valence-electron chi connectivity index (χ3n) is 4.54. The summed E-state index contributed by atoms with van der Waals surface area (Å²) in [6, 6.07) is 33.1. The van der Waals surface area contributed by atoms with Gasteiger partial charge in [0.05, 0.1) is 6.16 Å². The van der Waals surface area contributed by atoms with Gasteiger partial charge in [-0.2, -0.15) is 0 Å². The number of nitrogens with two attached hydrogens (primary N) is 1. The molecule has 0 heterocycles. The first-order chi connectivity index (χ1) is 11.9. The molecule has 0 saturated heterocycles. The second-order valence-corrected chi connectivity index (χ2v) is 9.65. The molecule has 0 aliphatic heterocycles. The standard InChI is InChI=1S/C22H25NP/c23-18-10-11-19-24(20-12-4-1-5-13-20,21-14-6-2-7-15-21)22-16-8-3-9-17-22/h1-9,12-17H,10-11,18-19,23H2/q+1. The molecule has 3 rings (SSSR count). The van der Waals surface area contributed by atoms with Gasteiger partial charge in [0.1, 0.15) is 23.2 Å². The van der Waals surface area contributed by atoms with Gasteiger partial charge < -0.3 is 5.73 Å². The van der Waals surface area contributed by atoms with E-state index in [2.05, 4.69) is 91.0 Å². The van der Waals surface area contributed by atoms with Crippen molar-refractivity contribution in [3.8, 4) is 0 Å². The van der Waals surface area contributed by atoms with E-state index in [4.69, 9.17) is 5.73 Å². The van der Waals surface area contributed by atoms with E-state index < -0.39 is 7.26 Å². The highest BCUT2D eigenvalue weighted by Crippen LogP contribution is 2.55. The van der Waals surface area contributed by atoms with Crippen LogP contribution in [0, 0.1) is 0 Å². The Bertz CT molecular complexity index is 629. The van der Waals surface area contributed by atoms with Crippen molar-refractivity contribution in [3.63, 3.8) is 0 Å². The van der Waals surface area contributed by atoms with E-state index in [1.165, 1.54) is 22.1 Å². The van der Waals surface area contributed by atoms with Crippen LogP contribution in [0.5, 0.6) is 0 Å². The van der Waals surface area contributed by atoms with Crippen LogP contribution < -0.4 is 21.6 Å². The van der Waals surface area contributed by atoms with Crippen molar-refractivity contribution in [3.05, 3.63) is 91.0 Å². The normalized spacial score (nSPS) is 11.4. The van der Waals surface area contributed by atoms with E-state index in [-0.39, 0.29) is 0 Å². The predicted molar refractivity (Wildman–Crippen MR) is 108 cm³/mol. The molecule has 3 aromatic carbocycles. The lowest BCUT2D eigenvalue weighted by Gasteiger charge is -2.27. The van der Waals surface area contributed by atoms with Crippen molar-refractivity contribution < 1.29 is 0 Å². The number of hydrogen-bond donors (Lipinski definition) is 1. The van der Waals surface area contributed by atoms with Crippen LogP contribution in [0.4, 0.5) is 0 Å². The molecule has 0 saturated carbocycles. The number of hydrogen-bond acceptors (Lipinski definition) is 1. The molecule has 0 amide bonds. The quantitative estimate of drug-likeness (QED) is 0.517. The Balaban J connectivity index is 2.20. The summed E-state index contributed by atoms with van der Waals surface area (Å²) in [6.45, 7) is 0.762. The lowest BCUT2D eigenvalue weighted by molar-refractivity contribution is 0.811. The van der Waals surface area contributed by atoms with Crippen molar-refractivity contribution in [2.75, 3.05) is 12.7 Å². The van der Waals surface area contributed by atoms with Crippen LogP contribution >= 0.6 is 7.26 Å². The van der Waals surface area contributed by atoms with Crippen LogP contribution in [-0.4, -0.2) is 12.7 Å². The van der Waals surface area contributed by atoms with Gasteiger partial charge in [0, 0.05) is 0 Å². The molecule has 2 N–H and O–H groups in total. The summed E-state index contributed by atoms with van der Waals surface area (Å²) in [4.78, 5) is 0. The van der Waals surface area contributed by atoms with E-state index >= 15 is 0 Å². The maximum Gasteiger partial charge on any atom is 0.112 e. The van der Waals surface area contributed by atoms with E-state index in [1.54, 1.807) is 0 Å². The van der Waals surface area contributed by atoms with Crippen LogP contribution in [0.3, 0.4) is 0 Å². The molecule has 0 aromatic heterocycles. The molecule has 3 aromatic rings. The van der Waals surface area contributed by atoms with Gasteiger partial charge in [0.25, 0.3) is 0 Å². The molecule has 122 valence electrons. The number of benzene rings is 3. The fourth-order valence-corrected chi connectivity index (χ4v) is 7.79. The Hall–Kier alpha value is -1.95. The smallest absolute Gasteiger partial charge is 0.112 e. The summed E-state index contributed by atoms with van der Waals surface area (Å²) < 4.78 is 0. The molecule has 1 nitrogen and oxygen atoms in total. The highest BCUT2D eigenvalue weighted by Gasteiger charge is 2.44. The summed E-state index contributed by atoms with van der Waals surface area (Å²) in [6.07, 6.45) is 3.40. The second-order valence-electron chi connectivity index (χ2n) is 6.04. The first-order valence-electron chi connectivity index (χ1n) is 8.63. The largest absolute Gasteiger partial charge is 0.330 e. The third-order valence-corrected chi connectivity index (χ3v) is 9.06. The molecule has 24 heavy (non-hydrogen) atoms. The minimum atomic E-state index is -1.64. The molecule has 2 heteroatoms. The van der Waals surface area contributed by atoms with Crippen LogP contribution in [0.25, 0.3) is 0 Å². The predicted octanol–water partition coefficient (Wildman–Crippen LogP) is 3.72. The van der Waals surface area contributed by atoms with Crippen LogP contribution in [0.2, 0.25) is 0 Å². The molecule has 0 unspecified atom stereocenters. The Morgan fingerprint density at radius 3 is 1.25 bits per heavy atom. The topological polar surface area (TPSA) is 26.0 Å². The zero-order chi connectivity index (χ0) is 16.7. The summed E-state index contributed by atoms with van der Waals surface area (Å²) in [5.74, 6) is 0. The zero-order valence-corrected chi connectivity index (χ0v) is 14.9. The van der Waals surface area contributed by atoms with Crippen LogP contribution in [0.1, 0.15) is 12.8 Å². The highest BCUT2D eigenvalue weighted by atomic mass is 31.2. The number of rotatable bonds is 7. The fourth-order valence-electron chi connectivity index (χ4n) is 3.38. The molecule has 0 aliphatic carbocycles. The maximum atomic E-state index is 5.79. The van der Waals surface area contributed by atoms with Crippen molar-refractivity contribution in [2.24, 2.45) is 5.73 Å². The molecular formula is C22H25NP+. The Kier molecular flexibility index (Phi) is 5.80. The minimum Gasteiger partial charge on any atom is -0.330 e. The van der Waals surface area contributed by atoms with Gasteiger partial charge in [-0.05, 0) is 55.8 Å². The molecule has 0 bridgehead atoms. The second kappa shape index (κ2) is 8.24. The van der Waals surface area contributed by atoms with Crippen molar-refractivity contribution in [1.29, 1.82) is 0 Å². The summed E-state index contributed by atoms with van der Waals surface area (Å²) in [5.41, 5.74) is 5.79. The van der Waals surface area contributed by atoms with E-state index in [1.807, 2.05) is 0 Å². The van der Waals surface area contributed by atoms with Gasteiger partial charge in [0.2, 0.25) is 0 Å². The molecule has 0 aliphatic rings. The Labute approximate surface area is 145 Å². The van der Waals surface area contributed by atoms with Crippen molar-refractivity contribution in [2.45, 2.75) is 12.8 Å². The minimum absolute atomic E-state index is 0.762. The molecule has 0 radical (unpaired) electrons. The average Bonchev–Trinajstić information content (AvgIpc) is 2.68. The monoisotopic (exact) mass is 334 g/mol. The molecule has 0 fully saturated rings. The third kappa shape index (κ3) is 3.43. The zero-order valence-electron chi connectivity index (χ0n) is 14.0. The Morgan fingerprint density at radius 2 is 0.917 bits per heavy atom. The van der Waals surface area contributed by atoms with E-state index in [9.17, 15) is 0 Å². The fraction of sp³-hybridized carbons (Fsp3) is 0.182. The summed E-state index contributed by atoms with van der Waals surface area (Å²) >= 11 is 0. The lowest BCUT2D eigenvalue weighted by Crippen LogP contribution is -2.33. The highest BCUT2D eigenvalue weighted by molar-refractivity contribution is 7.95. The van der Waals surface area contributed by atoms with Crippen molar-refractivity contribution >= 4 is 23.2 Å². The van der Waals surface area contributed by atoms with E-state index in [0.29, 0.717) is 0 Å². The van der Waals surface area contributed by atoms with Gasteiger partial charge >= 0.3 is 0 Å². The Morgan fingerprint density at radius 1 is 0.542 bits per heavy atom. The summed E-state index contributed by atoms with van der Waals surface area (Å²) in [7, 11) is -1.64. The summed E-state index contributed by atoms with van der Waals surface area (Å²) in [5, 5.41) is 4.37.